The molecule has 6 nitrogen and oxygen atoms in total. The van der Waals surface area contributed by atoms with Crippen molar-refractivity contribution in [1.82, 2.24) is 5.32 Å². The van der Waals surface area contributed by atoms with Crippen LogP contribution in [0, 0.1) is 0 Å². The minimum absolute atomic E-state index is 0.0463. The number of ether oxygens (including phenoxy) is 1. The number of hydrogen-bond donors (Lipinski definition) is 3. The van der Waals surface area contributed by atoms with Crippen LogP contribution in [0.15, 0.2) is 97.2 Å². The number of aliphatic hydroxyl groups excluding tert-OH is 2. The van der Waals surface area contributed by atoms with Crippen molar-refractivity contribution < 1.29 is 24.5 Å². The number of amides is 1. The van der Waals surface area contributed by atoms with E-state index in [-0.39, 0.29) is 24.9 Å². The molecule has 0 aliphatic heterocycles. The average Bonchev–Trinajstić information content (AvgIpc) is 3.26. The molecule has 3 N–H and O–H groups in total. The summed E-state index contributed by atoms with van der Waals surface area (Å²) in [6, 6.07) is -0.719. The zero-order valence-corrected chi connectivity index (χ0v) is 40.2. The van der Waals surface area contributed by atoms with Crippen LogP contribution in [0.25, 0.3) is 0 Å². The monoisotopic (exact) mass is 862 g/mol. The lowest BCUT2D eigenvalue weighted by Crippen LogP contribution is -2.46. The fourth-order valence-electron chi connectivity index (χ4n) is 7.18. The summed E-state index contributed by atoms with van der Waals surface area (Å²) in [5.74, 6) is -0.532. The second-order valence-corrected chi connectivity index (χ2v) is 17.0. The second-order valence-electron chi connectivity index (χ2n) is 17.0. The molecule has 0 rings (SSSR count). The van der Waals surface area contributed by atoms with Crippen LogP contribution in [0.2, 0.25) is 0 Å². The number of esters is 1. The fraction of sp³-hybridized carbons (Fsp3) is 0.679. The van der Waals surface area contributed by atoms with Gasteiger partial charge in [-0.05, 0) is 77.0 Å². The molecule has 0 saturated heterocycles. The molecule has 0 aliphatic carbocycles. The van der Waals surface area contributed by atoms with Gasteiger partial charge in [0.05, 0.1) is 25.2 Å². The van der Waals surface area contributed by atoms with Gasteiger partial charge in [-0.1, -0.05) is 227 Å². The Labute approximate surface area is 382 Å². The van der Waals surface area contributed by atoms with E-state index >= 15 is 0 Å². The molecule has 3 unspecified atom stereocenters. The fourth-order valence-corrected chi connectivity index (χ4v) is 7.18. The number of carbonyl (C=O) groups excluding carboxylic acids is 2. The van der Waals surface area contributed by atoms with E-state index in [4.69, 9.17) is 4.74 Å². The quantitative estimate of drug-likeness (QED) is 0.0245. The van der Waals surface area contributed by atoms with Gasteiger partial charge in [-0.25, -0.2) is 0 Å². The number of hydrogen-bond acceptors (Lipinski definition) is 5. The number of allylic oxidation sites excluding steroid dienone is 16. The summed E-state index contributed by atoms with van der Waals surface area (Å²) in [6.07, 6.45) is 64.6. The molecule has 0 spiro atoms. The summed E-state index contributed by atoms with van der Waals surface area (Å²) in [4.78, 5) is 26.1. The number of unbranched alkanes of at least 4 members (excludes halogenated alkanes) is 20. The molecule has 354 valence electrons. The minimum Gasteiger partial charge on any atom is -0.462 e. The van der Waals surface area contributed by atoms with Gasteiger partial charge in [0.1, 0.15) is 6.10 Å². The topological polar surface area (TPSA) is 95.9 Å². The molecule has 0 fully saturated rings. The number of rotatable bonds is 44. The SMILES string of the molecule is CC/C=C/C/C=C/C/C=C/CCCCCCC(CC(=O)NC(CO)C(O)CCCCCCCCCCCCC)OC(=O)CCCCCCC/C=C/C=C/C=C/C=C/C=C/CCC. The van der Waals surface area contributed by atoms with Crippen LogP contribution in [0.5, 0.6) is 0 Å². The molecule has 6 heteroatoms. The van der Waals surface area contributed by atoms with E-state index in [1.165, 1.54) is 57.8 Å². The van der Waals surface area contributed by atoms with Crippen LogP contribution in [-0.2, 0) is 14.3 Å². The van der Waals surface area contributed by atoms with Crippen LogP contribution in [0.1, 0.15) is 220 Å². The van der Waals surface area contributed by atoms with Crippen molar-refractivity contribution in [3.63, 3.8) is 0 Å². The lowest BCUT2D eigenvalue weighted by Gasteiger charge is -2.24. The maximum Gasteiger partial charge on any atom is 0.306 e. The third-order valence-corrected chi connectivity index (χ3v) is 11.0. The molecule has 62 heavy (non-hydrogen) atoms. The average molecular weight is 862 g/mol. The molecule has 0 aromatic rings. The van der Waals surface area contributed by atoms with Gasteiger partial charge in [-0.2, -0.15) is 0 Å². The Morgan fingerprint density at radius 1 is 0.500 bits per heavy atom. The molecular formula is C56H95NO5. The first-order valence-corrected chi connectivity index (χ1v) is 25.5. The Morgan fingerprint density at radius 2 is 0.968 bits per heavy atom. The van der Waals surface area contributed by atoms with Crippen LogP contribution < -0.4 is 5.32 Å². The number of carbonyl (C=O) groups is 2. The van der Waals surface area contributed by atoms with Crippen LogP contribution in [0.4, 0.5) is 0 Å². The van der Waals surface area contributed by atoms with E-state index in [0.717, 1.165) is 116 Å². The molecule has 0 aromatic heterocycles. The number of aliphatic hydroxyl groups is 2. The van der Waals surface area contributed by atoms with Crippen molar-refractivity contribution in [1.29, 1.82) is 0 Å². The predicted molar refractivity (Wildman–Crippen MR) is 268 cm³/mol. The van der Waals surface area contributed by atoms with Gasteiger partial charge in [-0.15, -0.1) is 0 Å². The van der Waals surface area contributed by atoms with E-state index in [0.29, 0.717) is 19.3 Å². The minimum atomic E-state index is -0.803. The normalized spacial score (nSPS) is 14.1. The van der Waals surface area contributed by atoms with Gasteiger partial charge in [0.15, 0.2) is 0 Å². The van der Waals surface area contributed by atoms with Gasteiger partial charge in [0.25, 0.3) is 0 Å². The highest BCUT2D eigenvalue weighted by Crippen LogP contribution is 2.17. The van der Waals surface area contributed by atoms with Crippen LogP contribution in [0.3, 0.4) is 0 Å². The standard InChI is InChI=1S/C56H95NO5/c1-4-7-10-13-16-19-22-24-26-27-28-29-31-34-37-40-43-46-49-56(61)62-52(47-44-41-38-35-33-30-25-23-20-17-14-11-8-5-2)50-55(60)57-53(51-58)54(59)48-45-42-39-36-32-21-18-15-12-9-6-3/h8,10-11,13,16-17,19-20,22,24-30,52-54,58-59H,4-7,9,12,14-15,18,21,23,31-51H2,1-3H3,(H,57,60)/b11-8+,13-10+,19-16+,20-17+,24-22+,27-26+,29-28+,30-25+. The van der Waals surface area contributed by atoms with Crippen LogP contribution >= 0.6 is 0 Å². The summed E-state index contributed by atoms with van der Waals surface area (Å²) >= 11 is 0. The summed E-state index contributed by atoms with van der Waals surface area (Å²) in [5.41, 5.74) is 0. The van der Waals surface area contributed by atoms with E-state index in [2.05, 4.69) is 99.0 Å². The summed E-state index contributed by atoms with van der Waals surface area (Å²) < 4.78 is 5.91. The lowest BCUT2D eigenvalue weighted by atomic mass is 10.0. The smallest absolute Gasteiger partial charge is 0.306 e. The highest BCUT2D eigenvalue weighted by atomic mass is 16.5. The van der Waals surface area contributed by atoms with E-state index in [9.17, 15) is 19.8 Å². The molecule has 0 radical (unpaired) electrons. The summed E-state index contributed by atoms with van der Waals surface area (Å²) in [5, 5.41) is 23.7. The second kappa shape index (κ2) is 48.8. The van der Waals surface area contributed by atoms with Crippen molar-refractivity contribution in [3.05, 3.63) is 97.2 Å². The van der Waals surface area contributed by atoms with Crippen molar-refractivity contribution in [2.45, 2.75) is 238 Å². The first-order valence-electron chi connectivity index (χ1n) is 25.5. The Hall–Kier alpha value is -3.22. The Morgan fingerprint density at radius 3 is 1.53 bits per heavy atom. The first-order chi connectivity index (χ1) is 30.5. The van der Waals surface area contributed by atoms with Gasteiger partial charge >= 0.3 is 5.97 Å². The predicted octanol–water partition coefficient (Wildman–Crippen LogP) is 15.3. The molecule has 0 bridgehead atoms. The molecule has 0 heterocycles. The summed E-state index contributed by atoms with van der Waals surface area (Å²) in [6.45, 7) is 6.26. The lowest BCUT2D eigenvalue weighted by molar-refractivity contribution is -0.151. The maximum atomic E-state index is 13.2. The van der Waals surface area contributed by atoms with Gasteiger partial charge in [0, 0.05) is 6.42 Å². The van der Waals surface area contributed by atoms with E-state index < -0.39 is 18.2 Å². The molecule has 3 atom stereocenters. The van der Waals surface area contributed by atoms with Crippen molar-refractivity contribution in [2.24, 2.45) is 0 Å². The molecule has 0 aromatic carbocycles. The largest absolute Gasteiger partial charge is 0.462 e. The Bertz CT molecular complexity index is 1240. The summed E-state index contributed by atoms with van der Waals surface area (Å²) in [7, 11) is 0. The molecular weight excluding hydrogens is 767 g/mol. The Kier molecular flexibility index (Phi) is 46.3. The van der Waals surface area contributed by atoms with Gasteiger partial charge in [0.2, 0.25) is 5.91 Å². The van der Waals surface area contributed by atoms with Gasteiger partial charge < -0.3 is 20.3 Å². The molecule has 0 aliphatic rings. The van der Waals surface area contributed by atoms with E-state index in [1.54, 1.807) is 0 Å². The molecule has 1 amide bonds. The third-order valence-electron chi connectivity index (χ3n) is 11.0. The first kappa shape index (κ1) is 58.8. The van der Waals surface area contributed by atoms with Crippen molar-refractivity contribution in [3.8, 4) is 0 Å². The van der Waals surface area contributed by atoms with E-state index in [1.807, 2.05) is 24.3 Å². The van der Waals surface area contributed by atoms with Crippen molar-refractivity contribution in [2.75, 3.05) is 6.61 Å². The third kappa shape index (κ3) is 43.4. The molecule has 0 saturated carbocycles. The highest BCUT2D eigenvalue weighted by Gasteiger charge is 2.24. The maximum absolute atomic E-state index is 13.2. The number of nitrogens with one attached hydrogen (secondary N) is 1. The Balaban J connectivity index is 4.69. The zero-order valence-electron chi connectivity index (χ0n) is 40.2. The zero-order chi connectivity index (χ0) is 45.2. The van der Waals surface area contributed by atoms with Crippen molar-refractivity contribution >= 4 is 11.9 Å². The van der Waals surface area contributed by atoms with Gasteiger partial charge in [-0.3, -0.25) is 9.59 Å². The van der Waals surface area contributed by atoms with Crippen LogP contribution in [-0.4, -0.2) is 46.9 Å². The highest BCUT2D eigenvalue weighted by molar-refractivity contribution is 5.77.